The summed E-state index contributed by atoms with van der Waals surface area (Å²) in [7, 11) is 0. The lowest BCUT2D eigenvalue weighted by Crippen LogP contribution is -2.53. The molecule has 1 heterocycles. The molecule has 0 bridgehead atoms. The van der Waals surface area contributed by atoms with Crippen LogP contribution in [0.3, 0.4) is 0 Å². The number of rotatable bonds is 10. The molecule has 28 heavy (non-hydrogen) atoms. The summed E-state index contributed by atoms with van der Waals surface area (Å²) in [5, 5.41) is 9.58. The highest BCUT2D eigenvalue weighted by molar-refractivity contribution is 5.33. The first-order valence-corrected chi connectivity index (χ1v) is 10.6. The molecule has 1 atom stereocenters. The van der Waals surface area contributed by atoms with E-state index in [-0.39, 0.29) is 6.61 Å². The van der Waals surface area contributed by atoms with Crippen LogP contribution in [0.4, 0.5) is 0 Å². The van der Waals surface area contributed by atoms with Crippen molar-refractivity contribution in [3.05, 3.63) is 65.7 Å². The topological polar surface area (TPSA) is 35.9 Å². The third-order valence-corrected chi connectivity index (χ3v) is 5.58. The number of piperazine rings is 1. The lowest BCUT2D eigenvalue weighted by atomic mass is 10.1. The van der Waals surface area contributed by atoms with Gasteiger partial charge in [0.15, 0.2) is 0 Å². The van der Waals surface area contributed by atoms with Crippen LogP contribution in [0.25, 0.3) is 0 Å². The Morgan fingerprint density at radius 3 is 2.61 bits per heavy atom. The average Bonchev–Trinajstić information content (AvgIpc) is 2.72. The summed E-state index contributed by atoms with van der Waals surface area (Å²) in [5.74, 6) is 0.984. The number of aliphatic hydroxyl groups is 1. The lowest BCUT2D eigenvalue weighted by Gasteiger charge is -2.41. The Morgan fingerprint density at radius 2 is 1.82 bits per heavy atom. The van der Waals surface area contributed by atoms with Crippen molar-refractivity contribution in [3.8, 4) is 5.75 Å². The number of ether oxygens (including phenoxy) is 1. The van der Waals surface area contributed by atoms with Gasteiger partial charge in [-0.1, -0.05) is 48.5 Å². The van der Waals surface area contributed by atoms with Crippen molar-refractivity contribution in [3.63, 3.8) is 0 Å². The van der Waals surface area contributed by atoms with Crippen molar-refractivity contribution in [1.82, 2.24) is 9.80 Å². The predicted molar refractivity (Wildman–Crippen MR) is 115 cm³/mol. The molecule has 2 aromatic rings. The quantitative estimate of drug-likeness (QED) is 0.681. The Kier molecular flexibility index (Phi) is 8.34. The summed E-state index contributed by atoms with van der Waals surface area (Å²) in [5.41, 5.74) is 2.66. The number of para-hydroxylation sites is 1. The van der Waals surface area contributed by atoms with Gasteiger partial charge in [-0.25, -0.2) is 0 Å². The van der Waals surface area contributed by atoms with E-state index in [9.17, 15) is 5.11 Å². The van der Waals surface area contributed by atoms with Crippen LogP contribution in [0.15, 0.2) is 54.6 Å². The maximum Gasteiger partial charge on any atom is 0.123 e. The van der Waals surface area contributed by atoms with E-state index in [1.165, 1.54) is 17.5 Å². The van der Waals surface area contributed by atoms with Crippen LogP contribution in [0.1, 0.15) is 30.9 Å². The summed E-state index contributed by atoms with van der Waals surface area (Å²) in [6.07, 6.45) is 3.14. The third-order valence-electron chi connectivity index (χ3n) is 5.58. The first kappa shape index (κ1) is 20.8. The van der Waals surface area contributed by atoms with Crippen molar-refractivity contribution in [2.24, 2.45) is 0 Å². The summed E-state index contributed by atoms with van der Waals surface area (Å²) in [4.78, 5) is 5.08. The molecule has 1 aliphatic rings. The maximum absolute atomic E-state index is 9.58. The predicted octanol–water partition coefficient (Wildman–Crippen LogP) is 3.59. The van der Waals surface area contributed by atoms with Crippen LogP contribution < -0.4 is 4.74 Å². The Labute approximate surface area is 169 Å². The molecule has 0 amide bonds. The molecule has 1 saturated heterocycles. The molecule has 152 valence electrons. The number of aliphatic hydroxyl groups excluding tert-OH is 1. The van der Waals surface area contributed by atoms with Gasteiger partial charge in [0.1, 0.15) is 5.75 Å². The minimum atomic E-state index is 0.242. The number of hydrogen-bond acceptors (Lipinski definition) is 4. The standard InChI is InChI=1S/C24H34N2O2/c1-2-28-24-13-7-6-12-22(24)19-26-17-16-25(20-23(26)14-18-27)15-8-11-21-9-4-3-5-10-21/h3-7,9-10,12-13,23,27H,2,8,11,14-20H2,1H3/t23-/m1/s1. The minimum Gasteiger partial charge on any atom is -0.494 e. The number of benzene rings is 2. The number of aryl methyl sites for hydroxylation is 1. The molecular weight excluding hydrogens is 348 g/mol. The van der Waals surface area contributed by atoms with Gasteiger partial charge in [0.25, 0.3) is 0 Å². The second kappa shape index (κ2) is 11.2. The fraction of sp³-hybridized carbons (Fsp3) is 0.500. The molecule has 3 rings (SSSR count). The van der Waals surface area contributed by atoms with Crippen LogP contribution in [0, 0.1) is 0 Å². The minimum absolute atomic E-state index is 0.242. The monoisotopic (exact) mass is 382 g/mol. The van der Waals surface area contributed by atoms with E-state index in [0.717, 1.165) is 51.3 Å². The maximum atomic E-state index is 9.58. The third kappa shape index (κ3) is 6.06. The molecular formula is C24H34N2O2. The highest BCUT2D eigenvalue weighted by Crippen LogP contribution is 2.23. The molecule has 4 nitrogen and oxygen atoms in total. The Hall–Kier alpha value is -1.88. The number of hydrogen-bond donors (Lipinski definition) is 1. The SMILES string of the molecule is CCOc1ccccc1CN1CCN(CCCc2ccccc2)C[C@H]1CCO. The van der Waals surface area contributed by atoms with Crippen LogP contribution >= 0.6 is 0 Å². The van der Waals surface area contributed by atoms with Gasteiger partial charge in [-0.05, 0) is 44.4 Å². The number of nitrogens with zero attached hydrogens (tertiary/aromatic N) is 2. The highest BCUT2D eigenvalue weighted by Gasteiger charge is 2.27. The van der Waals surface area contributed by atoms with Gasteiger partial charge in [0.2, 0.25) is 0 Å². The van der Waals surface area contributed by atoms with E-state index in [4.69, 9.17) is 4.74 Å². The van der Waals surface area contributed by atoms with Gasteiger partial charge in [-0.15, -0.1) is 0 Å². The molecule has 2 aromatic carbocycles. The van der Waals surface area contributed by atoms with E-state index in [1.807, 2.05) is 13.0 Å². The highest BCUT2D eigenvalue weighted by atomic mass is 16.5. The molecule has 0 aliphatic carbocycles. The zero-order chi connectivity index (χ0) is 19.6. The molecule has 0 radical (unpaired) electrons. The summed E-state index contributed by atoms with van der Waals surface area (Å²) >= 11 is 0. The van der Waals surface area contributed by atoms with Crippen molar-refractivity contribution in [1.29, 1.82) is 0 Å². The first-order valence-electron chi connectivity index (χ1n) is 10.6. The van der Waals surface area contributed by atoms with E-state index in [0.29, 0.717) is 12.6 Å². The largest absolute Gasteiger partial charge is 0.494 e. The Morgan fingerprint density at radius 1 is 1.04 bits per heavy atom. The van der Waals surface area contributed by atoms with Crippen molar-refractivity contribution in [2.75, 3.05) is 39.4 Å². The summed E-state index contributed by atoms with van der Waals surface area (Å²) in [6, 6.07) is 19.5. The summed E-state index contributed by atoms with van der Waals surface area (Å²) < 4.78 is 5.80. The van der Waals surface area contributed by atoms with E-state index < -0.39 is 0 Å². The van der Waals surface area contributed by atoms with E-state index in [1.54, 1.807) is 0 Å². The normalized spacial score (nSPS) is 18.3. The summed E-state index contributed by atoms with van der Waals surface area (Å²) in [6.45, 7) is 8.13. The van der Waals surface area contributed by atoms with Crippen LogP contribution in [-0.4, -0.2) is 60.3 Å². The van der Waals surface area contributed by atoms with Crippen LogP contribution in [-0.2, 0) is 13.0 Å². The van der Waals surface area contributed by atoms with Crippen molar-refractivity contribution < 1.29 is 9.84 Å². The van der Waals surface area contributed by atoms with Gasteiger partial charge in [0.05, 0.1) is 6.61 Å². The Bertz CT molecular complexity index is 692. The van der Waals surface area contributed by atoms with Gasteiger partial charge in [-0.2, -0.15) is 0 Å². The second-order valence-electron chi connectivity index (χ2n) is 7.57. The molecule has 1 N–H and O–H groups in total. The zero-order valence-electron chi connectivity index (χ0n) is 17.1. The lowest BCUT2D eigenvalue weighted by molar-refractivity contribution is 0.0527. The zero-order valence-corrected chi connectivity index (χ0v) is 17.1. The molecule has 0 saturated carbocycles. The average molecular weight is 383 g/mol. The van der Waals surface area contributed by atoms with E-state index >= 15 is 0 Å². The van der Waals surface area contributed by atoms with Gasteiger partial charge >= 0.3 is 0 Å². The fourth-order valence-corrected chi connectivity index (χ4v) is 4.09. The first-order chi connectivity index (χ1) is 13.8. The van der Waals surface area contributed by atoms with Gasteiger partial charge in [0, 0.05) is 44.4 Å². The van der Waals surface area contributed by atoms with Crippen LogP contribution in [0.5, 0.6) is 5.75 Å². The second-order valence-corrected chi connectivity index (χ2v) is 7.57. The Balaban J connectivity index is 1.54. The van der Waals surface area contributed by atoms with E-state index in [2.05, 4.69) is 58.3 Å². The van der Waals surface area contributed by atoms with Gasteiger partial charge < -0.3 is 14.7 Å². The molecule has 1 aliphatic heterocycles. The fourth-order valence-electron chi connectivity index (χ4n) is 4.09. The molecule has 0 spiro atoms. The molecule has 0 unspecified atom stereocenters. The van der Waals surface area contributed by atoms with Crippen molar-refractivity contribution >= 4 is 0 Å². The molecule has 0 aromatic heterocycles. The van der Waals surface area contributed by atoms with Crippen molar-refractivity contribution in [2.45, 2.75) is 38.8 Å². The van der Waals surface area contributed by atoms with Gasteiger partial charge in [-0.3, -0.25) is 4.90 Å². The molecule has 4 heteroatoms. The van der Waals surface area contributed by atoms with Crippen LogP contribution in [0.2, 0.25) is 0 Å². The molecule has 1 fully saturated rings. The smallest absolute Gasteiger partial charge is 0.123 e.